The van der Waals surface area contributed by atoms with Crippen molar-refractivity contribution in [2.45, 2.75) is 11.8 Å². The van der Waals surface area contributed by atoms with Crippen molar-refractivity contribution in [2.24, 2.45) is 0 Å². The highest BCUT2D eigenvalue weighted by atomic mass is 32.2. The van der Waals surface area contributed by atoms with Crippen LogP contribution in [0.25, 0.3) is 6.08 Å². The molecule has 2 aromatic rings. The van der Waals surface area contributed by atoms with E-state index in [2.05, 4.69) is 4.83 Å². The summed E-state index contributed by atoms with van der Waals surface area (Å²) in [5.41, 5.74) is 1.89. The zero-order valence-electron chi connectivity index (χ0n) is 12.2. The summed E-state index contributed by atoms with van der Waals surface area (Å²) in [5, 5.41) is 12.6. The molecule has 0 aromatic heterocycles. The summed E-state index contributed by atoms with van der Waals surface area (Å²) in [6.07, 6.45) is 1.64. The maximum Gasteiger partial charge on any atom is 0.270 e. The maximum absolute atomic E-state index is 12.1. The van der Waals surface area contributed by atoms with Gasteiger partial charge in [-0.2, -0.15) is 4.83 Å². The first-order chi connectivity index (χ1) is 11.1. The summed E-state index contributed by atoms with van der Waals surface area (Å²) in [6, 6.07) is 13.9. The van der Waals surface area contributed by atoms with Crippen LogP contribution in [0.3, 0.4) is 0 Å². The van der Waals surface area contributed by atoms with Crippen LogP contribution in [0.15, 0.2) is 59.1 Å². The molecule has 1 heterocycles. The van der Waals surface area contributed by atoms with E-state index in [-0.39, 0.29) is 11.5 Å². The zero-order chi connectivity index (χ0) is 16.4. The summed E-state index contributed by atoms with van der Waals surface area (Å²) < 4.78 is 0. The Bertz CT molecular complexity index is 820. The molecule has 0 fully saturated rings. The van der Waals surface area contributed by atoms with Crippen LogP contribution in [-0.2, 0) is 4.79 Å². The van der Waals surface area contributed by atoms with Crippen LogP contribution >= 0.6 is 11.9 Å². The Morgan fingerprint density at radius 3 is 2.78 bits per heavy atom. The van der Waals surface area contributed by atoms with Crippen molar-refractivity contribution >= 4 is 35.2 Å². The number of benzene rings is 2. The van der Waals surface area contributed by atoms with E-state index in [1.807, 2.05) is 24.3 Å². The lowest BCUT2D eigenvalue weighted by molar-refractivity contribution is -0.384. The average molecular weight is 327 g/mol. The standard InChI is InChI=1S/C16H13N3O3S/c1-11(20)15(10-12-5-4-6-13(9-12)19(21)22)18-14-7-2-3-8-16(14)23-17-18/h2-10,17H,1H3. The van der Waals surface area contributed by atoms with Gasteiger partial charge in [-0.1, -0.05) is 24.3 Å². The Morgan fingerprint density at radius 1 is 1.26 bits per heavy atom. The zero-order valence-corrected chi connectivity index (χ0v) is 13.0. The van der Waals surface area contributed by atoms with Crippen LogP contribution in [0.2, 0.25) is 0 Å². The summed E-state index contributed by atoms with van der Waals surface area (Å²) in [7, 11) is 0. The topological polar surface area (TPSA) is 75.5 Å². The number of Topliss-reactive ketones (excluding diaryl/α,β-unsaturated/α-hetero) is 1. The van der Waals surface area contributed by atoms with Crippen molar-refractivity contribution in [1.82, 2.24) is 4.83 Å². The number of non-ortho nitro benzene ring substituents is 1. The number of hydrogen-bond donors (Lipinski definition) is 1. The van der Waals surface area contributed by atoms with Crippen LogP contribution in [0, 0.1) is 10.1 Å². The molecule has 0 amide bonds. The van der Waals surface area contributed by atoms with Gasteiger partial charge < -0.3 is 0 Å². The number of hydrogen-bond acceptors (Lipinski definition) is 6. The quantitative estimate of drug-likeness (QED) is 0.400. The fourth-order valence-electron chi connectivity index (χ4n) is 2.26. The van der Waals surface area contributed by atoms with E-state index in [0.717, 1.165) is 10.6 Å². The van der Waals surface area contributed by atoms with Crippen LogP contribution in [0.5, 0.6) is 0 Å². The van der Waals surface area contributed by atoms with Crippen LogP contribution in [0.1, 0.15) is 12.5 Å². The van der Waals surface area contributed by atoms with Gasteiger partial charge >= 0.3 is 0 Å². The van der Waals surface area contributed by atoms with E-state index in [0.29, 0.717) is 11.3 Å². The predicted octanol–water partition coefficient (Wildman–Crippen LogP) is 3.56. The van der Waals surface area contributed by atoms with Crippen molar-refractivity contribution in [2.75, 3.05) is 5.01 Å². The van der Waals surface area contributed by atoms with Gasteiger partial charge in [0.15, 0.2) is 5.78 Å². The predicted molar refractivity (Wildman–Crippen MR) is 89.7 cm³/mol. The van der Waals surface area contributed by atoms with E-state index in [1.54, 1.807) is 23.2 Å². The number of nitro groups is 1. The van der Waals surface area contributed by atoms with Gasteiger partial charge in [-0.15, -0.1) is 0 Å². The minimum atomic E-state index is -0.454. The largest absolute Gasteiger partial charge is 0.293 e. The molecule has 0 saturated heterocycles. The highest BCUT2D eigenvalue weighted by molar-refractivity contribution is 7.98. The molecular formula is C16H13N3O3S. The van der Waals surface area contributed by atoms with Gasteiger partial charge in [-0.05, 0) is 35.7 Å². The van der Waals surface area contributed by atoms with E-state index in [1.165, 1.54) is 31.0 Å². The van der Waals surface area contributed by atoms with E-state index < -0.39 is 4.92 Å². The Kier molecular flexibility index (Phi) is 4.14. The molecule has 0 spiro atoms. The van der Waals surface area contributed by atoms with Gasteiger partial charge in [0, 0.05) is 24.0 Å². The molecule has 0 atom stereocenters. The van der Waals surface area contributed by atoms with Crippen molar-refractivity contribution < 1.29 is 9.72 Å². The molecule has 1 N–H and O–H groups in total. The van der Waals surface area contributed by atoms with Gasteiger partial charge in [-0.25, -0.2) is 0 Å². The minimum absolute atomic E-state index is 0.00851. The number of carbonyl (C=O) groups is 1. The molecule has 116 valence electrons. The summed E-state index contributed by atoms with van der Waals surface area (Å²) in [4.78, 5) is 26.6. The lowest BCUT2D eigenvalue weighted by atomic mass is 10.1. The fraction of sp³-hybridized carbons (Fsp3) is 0.0625. The molecule has 1 aliphatic rings. The highest BCUT2D eigenvalue weighted by Crippen LogP contribution is 2.37. The van der Waals surface area contributed by atoms with Crippen molar-refractivity contribution in [1.29, 1.82) is 0 Å². The summed E-state index contributed by atoms with van der Waals surface area (Å²) in [6.45, 7) is 1.47. The Hall–Kier alpha value is -2.64. The number of nitro benzene ring substituents is 1. The molecular weight excluding hydrogens is 314 g/mol. The number of rotatable bonds is 4. The number of allylic oxidation sites excluding steroid dienone is 1. The molecule has 0 radical (unpaired) electrons. The Balaban J connectivity index is 2.02. The normalized spacial score (nSPS) is 13.8. The Morgan fingerprint density at radius 2 is 2.04 bits per heavy atom. The second kappa shape index (κ2) is 6.23. The number of ketones is 1. The summed E-state index contributed by atoms with van der Waals surface area (Å²) in [5.74, 6) is -0.138. The third-order valence-corrected chi connectivity index (χ3v) is 4.18. The lowest BCUT2D eigenvalue weighted by Crippen LogP contribution is -2.31. The van der Waals surface area contributed by atoms with E-state index in [9.17, 15) is 14.9 Å². The number of anilines is 1. The monoisotopic (exact) mass is 327 g/mol. The number of fused-ring (bicyclic) bond motifs is 1. The van der Waals surface area contributed by atoms with Crippen molar-refractivity contribution in [3.63, 3.8) is 0 Å². The minimum Gasteiger partial charge on any atom is -0.293 e. The molecule has 6 nitrogen and oxygen atoms in total. The van der Waals surface area contributed by atoms with Gasteiger partial charge in [0.2, 0.25) is 0 Å². The number of carbonyl (C=O) groups excluding carboxylic acids is 1. The third-order valence-electron chi connectivity index (χ3n) is 3.34. The first kappa shape index (κ1) is 15.3. The van der Waals surface area contributed by atoms with Crippen LogP contribution in [0.4, 0.5) is 11.4 Å². The molecule has 0 aliphatic carbocycles. The molecule has 0 unspecified atom stereocenters. The van der Waals surface area contributed by atoms with Crippen molar-refractivity contribution in [3.8, 4) is 0 Å². The SMILES string of the molecule is CC(=O)C(=Cc1cccc([N+](=O)[O-])c1)N1NSc2ccccc21. The van der Waals surface area contributed by atoms with Gasteiger partial charge in [0.25, 0.3) is 5.69 Å². The third kappa shape index (κ3) is 3.10. The molecule has 2 aromatic carbocycles. The first-order valence-corrected chi connectivity index (χ1v) is 7.66. The second-order valence-corrected chi connectivity index (χ2v) is 5.76. The molecule has 23 heavy (non-hydrogen) atoms. The Labute approximate surface area is 137 Å². The van der Waals surface area contributed by atoms with Crippen LogP contribution in [-0.4, -0.2) is 10.7 Å². The molecule has 3 rings (SSSR count). The molecule has 1 aliphatic heterocycles. The average Bonchev–Trinajstić information content (AvgIpc) is 2.96. The van der Waals surface area contributed by atoms with Gasteiger partial charge in [0.05, 0.1) is 10.6 Å². The van der Waals surface area contributed by atoms with Crippen LogP contribution < -0.4 is 9.84 Å². The highest BCUT2D eigenvalue weighted by Gasteiger charge is 2.24. The molecule has 7 heteroatoms. The number of para-hydroxylation sites is 1. The molecule has 0 bridgehead atoms. The maximum atomic E-state index is 12.1. The smallest absolute Gasteiger partial charge is 0.270 e. The molecule has 0 saturated carbocycles. The second-order valence-electron chi connectivity index (χ2n) is 4.93. The summed E-state index contributed by atoms with van der Waals surface area (Å²) >= 11 is 1.41. The van der Waals surface area contributed by atoms with E-state index in [4.69, 9.17) is 0 Å². The number of nitrogens with one attached hydrogen (secondary N) is 1. The number of nitrogens with zero attached hydrogens (tertiary/aromatic N) is 2. The van der Waals surface area contributed by atoms with Crippen molar-refractivity contribution in [3.05, 3.63) is 69.9 Å². The fourth-order valence-corrected chi connectivity index (χ4v) is 3.06. The van der Waals surface area contributed by atoms with Gasteiger partial charge in [0.1, 0.15) is 5.70 Å². The number of hydrazine groups is 1. The first-order valence-electron chi connectivity index (χ1n) is 6.85. The van der Waals surface area contributed by atoms with Gasteiger partial charge in [-0.3, -0.25) is 19.9 Å². The lowest BCUT2D eigenvalue weighted by Gasteiger charge is -2.19. The van der Waals surface area contributed by atoms with E-state index >= 15 is 0 Å².